The highest BCUT2D eigenvalue weighted by Gasteiger charge is 2.34. The molecule has 0 N–H and O–H groups in total. The van der Waals surface area contributed by atoms with Crippen molar-refractivity contribution in [3.63, 3.8) is 0 Å². The van der Waals surface area contributed by atoms with Gasteiger partial charge in [0.15, 0.2) is 11.5 Å². The highest BCUT2D eigenvalue weighted by atomic mass is 16.8. The Bertz CT molecular complexity index is 1080. The molecular formula is C21H21N3O11. The van der Waals surface area contributed by atoms with Crippen LogP contribution in [0.5, 0.6) is 11.5 Å². The van der Waals surface area contributed by atoms with Gasteiger partial charge < -0.3 is 14.2 Å². The van der Waals surface area contributed by atoms with Gasteiger partial charge in [0, 0.05) is 31.5 Å². The number of benzene rings is 1. The Balaban J connectivity index is 1.67. The molecule has 0 saturated carbocycles. The molecule has 0 aliphatic carbocycles. The summed E-state index contributed by atoms with van der Waals surface area (Å²) in [5.74, 6) is -2.17. The number of imide groups is 2. The van der Waals surface area contributed by atoms with Crippen molar-refractivity contribution in [3.05, 3.63) is 40.0 Å². The van der Waals surface area contributed by atoms with E-state index in [1.54, 1.807) is 0 Å². The summed E-state index contributed by atoms with van der Waals surface area (Å²) >= 11 is 0. The van der Waals surface area contributed by atoms with E-state index in [2.05, 4.69) is 4.84 Å². The quantitative estimate of drug-likeness (QED) is 0.153. The second-order valence-electron chi connectivity index (χ2n) is 7.37. The summed E-state index contributed by atoms with van der Waals surface area (Å²) in [7, 11) is 1.30. The van der Waals surface area contributed by atoms with Gasteiger partial charge >= 0.3 is 6.16 Å². The van der Waals surface area contributed by atoms with Crippen LogP contribution in [0.4, 0.5) is 10.5 Å². The minimum Gasteiger partial charge on any atom is -0.493 e. The molecule has 1 atom stereocenters. The van der Waals surface area contributed by atoms with Crippen molar-refractivity contribution in [2.45, 2.75) is 32.3 Å². The number of nitro groups is 1. The summed E-state index contributed by atoms with van der Waals surface area (Å²) < 4.78 is 15.8. The molecular weight excluding hydrogens is 470 g/mol. The van der Waals surface area contributed by atoms with Gasteiger partial charge in [-0.05, 0) is 19.4 Å². The van der Waals surface area contributed by atoms with Gasteiger partial charge in [-0.15, -0.1) is 0 Å². The average molecular weight is 491 g/mol. The molecule has 0 radical (unpaired) electrons. The second-order valence-corrected chi connectivity index (χ2v) is 7.37. The SMILES string of the molecule is COc1cc(C(C)OC(=O)ON2C(=O)CCC2=O)c([N+](=O)[O-])cc1OCCCN1C(=O)C=CC1=O. The maximum absolute atomic E-state index is 12.0. The predicted molar refractivity (Wildman–Crippen MR) is 113 cm³/mol. The lowest BCUT2D eigenvalue weighted by Gasteiger charge is -2.18. The van der Waals surface area contributed by atoms with Crippen LogP contribution in [0.2, 0.25) is 0 Å². The molecule has 35 heavy (non-hydrogen) atoms. The lowest BCUT2D eigenvalue weighted by Crippen LogP contribution is -2.32. The number of carbonyl (C=O) groups excluding carboxylic acids is 5. The van der Waals surface area contributed by atoms with Crippen molar-refractivity contribution in [2.75, 3.05) is 20.3 Å². The Morgan fingerprint density at radius 1 is 1.09 bits per heavy atom. The number of nitrogens with zero attached hydrogens (tertiary/aromatic N) is 3. The van der Waals surface area contributed by atoms with Crippen molar-refractivity contribution in [3.8, 4) is 11.5 Å². The summed E-state index contributed by atoms with van der Waals surface area (Å²) in [5.41, 5.74) is -0.516. The van der Waals surface area contributed by atoms with Gasteiger partial charge in [-0.3, -0.25) is 39.0 Å². The standard InChI is InChI=1S/C21H21N3O11/c1-12(34-21(29)35-23-19(27)6-7-20(23)28)13-10-15(32-2)16(11-14(13)24(30)31)33-9-3-8-22-17(25)4-5-18(22)26/h4-5,10-12H,3,6-9H2,1-2H3. The van der Waals surface area contributed by atoms with Crippen molar-refractivity contribution < 1.29 is 47.9 Å². The molecule has 2 aliphatic heterocycles. The Morgan fingerprint density at radius 2 is 1.71 bits per heavy atom. The van der Waals surface area contributed by atoms with Crippen LogP contribution in [0.15, 0.2) is 24.3 Å². The molecule has 1 saturated heterocycles. The van der Waals surface area contributed by atoms with Crippen LogP contribution in [0, 0.1) is 10.1 Å². The smallest absolute Gasteiger partial charge is 0.493 e. The summed E-state index contributed by atoms with van der Waals surface area (Å²) in [6.45, 7) is 1.44. The topological polar surface area (TPSA) is 172 Å². The van der Waals surface area contributed by atoms with Crippen LogP contribution in [0.3, 0.4) is 0 Å². The average Bonchev–Trinajstić information content (AvgIpc) is 3.31. The van der Waals surface area contributed by atoms with Gasteiger partial charge in [-0.2, -0.15) is 0 Å². The van der Waals surface area contributed by atoms with Crippen LogP contribution in [-0.2, 0) is 28.8 Å². The van der Waals surface area contributed by atoms with Crippen LogP contribution in [0.1, 0.15) is 37.9 Å². The lowest BCUT2D eigenvalue weighted by molar-refractivity contribution is -0.386. The first-order valence-corrected chi connectivity index (χ1v) is 10.4. The van der Waals surface area contributed by atoms with Gasteiger partial charge in [-0.25, -0.2) is 4.79 Å². The zero-order valence-corrected chi connectivity index (χ0v) is 18.8. The van der Waals surface area contributed by atoms with Crippen molar-refractivity contribution in [1.82, 2.24) is 9.96 Å². The van der Waals surface area contributed by atoms with Gasteiger partial charge in [0.05, 0.1) is 30.3 Å². The minimum absolute atomic E-state index is 0.0141. The summed E-state index contributed by atoms with van der Waals surface area (Å²) in [6.07, 6.45) is -0.242. The van der Waals surface area contributed by atoms with Gasteiger partial charge in [-0.1, -0.05) is 5.06 Å². The maximum Gasteiger partial charge on any atom is 0.534 e. The molecule has 1 unspecified atom stereocenters. The second kappa shape index (κ2) is 10.6. The Morgan fingerprint density at radius 3 is 2.29 bits per heavy atom. The zero-order chi connectivity index (χ0) is 25.7. The minimum atomic E-state index is -1.39. The molecule has 0 bridgehead atoms. The van der Waals surface area contributed by atoms with Crippen LogP contribution in [-0.4, -0.2) is 64.9 Å². The van der Waals surface area contributed by atoms with Crippen molar-refractivity contribution in [1.29, 1.82) is 0 Å². The normalized spacial score (nSPS) is 16.1. The summed E-state index contributed by atoms with van der Waals surface area (Å²) in [6, 6.07) is 2.33. The predicted octanol–water partition coefficient (Wildman–Crippen LogP) is 1.58. The van der Waals surface area contributed by atoms with Gasteiger partial charge in [0.1, 0.15) is 6.10 Å². The van der Waals surface area contributed by atoms with E-state index >= 15 is 0 Å². The first kappa shape index (κ1) is 25.1. The molecule has 1 aromatic carbocycles. The molecule has 0 spiro atoms. The monoisotopic (exact) mass is 491 g/mol. The number of hydrogen-bond acceptors (Lipinski definition) is 11. The van der Waals surface area contributed by atoms with Crippen molar-refractivity contribution in [2.24, 2.45) is 0 Å². The summed E-state index contributed by atoms with van der Waals surface area (Å²) in [5, 5.41) is 11.9. The molecule has 14 heteroatoms. The molecule has 2 heterocycles. The fourth-order valence-electron chi connectivity index (χ4n) is 3.34. The molecule has 4 amide bonds. The zero-order valence-electron chi connectivity index (χ0n) is 18.8. The third-order valence-electron chi connectivity index (χ3n) is 5.08. The number of methoxy groups -OCH3 is 1. The molecule has 186 valence electrons. The van der Waals surface area contributed by atoms with E-state index in [9.17, 15) is 34.1 Å². The number of hydrogen-bond donors (Lipinski definition) is 0. The highest BCUT2D eigenvalue weighted by Crippen LogP contribution is 2.38. The van der Waals surface area contributed by atoms with E-state index in [1.807, 2.05) is 0 Å². The number of rotatable bonds is 10. The molecule has 1 aromatic rings. The molecule has 14 nitrogen and oxygen atoms in total. The fourth-order valence-corrected chi connectivity index (χ4v) is 3.34. The third-order valence-corrected chi connectivity index (χ3v) is 5.08. The number of carbonyl (C=O) groups is 5. The van der Waals surface area contributed by atoms with Gasteiger partial charge in [0.2, 0.25) is 0 Å². The third kappa shape index (κ3) is 5.72. The first-order valence-electron chi connectivity index (χ1n) is 10.4. The number of nitro benzene ring substituents is 1. The van der Waals surface area contributed by atoms with E-state index < -0.39 is 46.5 Å². The Labute approximate surface area is 198 Å². The van der Waals surface area contributed by atoms with E-state index in [0.29, 0.717) is 5.06 Å². The molecule has 3 rings (SSSR count). The van der Waals surface area contributed by atoms with E-state index in [4.69, 9.17) is 14.2 Å². The lowest BCUT2D eigenvalue weighted by atomic mass is 10.1. The fraction of sp³-hybridized carbons (Fsp3) is 0.381. The molecule has 2 aliphatic rings. The Hall–Kier alpha value is -4.49. The van der Waals surface area contributed by atoms with E-state index in [-0.39, 0.29) is 49.5 Å². The number of ether oxygens (including phenoxy) is 3. The number of hydroxylamine groups is 2. The van der Waals surface area contributed by atoms with Crippen LogP contribution in [0.25, 0.3) is 0 Å². The van der Waals surface area contributed by atoms with E-state index in [0.717, 1.165) is 23.1 Å². The maximum atomic E-state index is 12.0. The van der Waals surface area contributed by atoms with Crippen LogP contribution < -0.4 is 9.47 Å². The first-order chi connectivity index (χ1) is 16.6. The highest BCUT2D eigenvalue weighted by molar-refractivity contribution is 6.12. The number of amides is 4. The summed E-state index contributed by atoms with van der Waals surface area (Å²) in [4.78, 5) is 74.9. The van der Waals surface area contributed by atoms with Gasteiger partial charge in [0.25, 0.3) is 29.3 Å². The van der Waals surface area contributed by atoms with E-state index in [1.165, 1.54) is 20.1 Å². The van der Waals surface area contributed by atoms with Crippen LogP contribution >= 0.6 is 0 Å². The Kier molecular flexibility index (Phi) is 7.63. The van der Waals surface area contributed by atoms with Crippen molar-refractivity contribution >= 4 is 35.5 Å². The molecule has 0 aromatic heterocycles. The molecule has 1 fully saturated rings. The largest absolute Gasteiger partial charge is 0.534 e.